The number of nitrogens with zero attached hydrogens (tertiary/aromatic N) is 12. The van der Waals surface area contributed by atoms with Gasteiger partial charge in [-0.1, -0.05) is 182 Å². The molecule has 648 valence electrons. The maximum Gasteiger partial charge on any atom is 0.146 e. The summed E-state index contributed by atoms with van der Waals surface area (Å²) in [6, 6.07) is 116. The van der Waals surface area contributed by atoms with Crippen LogP contribution >= 0.6 is 0 Å². The molecule has 0 saturated carbocycles. The zero-order chi connectivity index (χ0) is 90.7. The average molecular weight is 1780 g/mol. The Kier molecular flexibility index (Phi) is 15.0. The predicted octanol–water partition coefficient (Wildman–Crippen LogP) is 29.3. The highest BCUT2D eigenvalue weighted by Gasteiger charge is 2.36. The molecule has 140 heavy (non-hydrogen) atoms. The van der Waals surface area contributed by atoms with E-state index in [2.05, 4.69) is 353 Å². The van der Waals surface area contributed by atoms with Crippen LogP contribution in [0.4, 0.5) is 0 Å². The van der Waals surface area contributed by atoms with E-state index < -0.39 is 0 Å². The molecular weight excluding hydrogens is 1710 g/mol. The van der Waals surface area contributed by atoms with Crippen molar-refractivity contribution in [3.63, 3.8) is 0 Å². The van der Waals surface area contributed by atoms with Crippen LogP contribution in [0, 0.1) is 0 Å². The molecule has 12 aromatic heterocycles. The molecule has 0 aliphatic heterocycles. The Bertz CT molecular complexity index is 10600. The van der Waals surface area contributed by atoms with Gasteiger partial charge in [0.1, 0.15) is 22.6 Å². The van der Waals surface area contributed by atoms with Crippen LogP contribution in [0.2, 0.25) is 0 Å². The summed E-state index contributed by atoms with van der Waals surface area (Å²) in [5, 5.41) is 14.7. The largest absolute Gasteiger partial charge is 0.290 e. The highest BCUT2D eigenvalue weighted by Crippen LogP contribution is 2.56. The number of pyridine rings is 8. The summed E-state index contributed by atoms with van der Waals surface area (Å²) in [5.74, 6) is 0. The van der Waals surface area contributed by atoms with Crippen molar-refractivity contribution >= 4 is 153 Å². The molecule has 0 N–H and O–H groups in total. The van der Waals surface area contributed by atoms with Crippen molar-refractivity contribution in [1.29, 1.82) is 0 Å². The summed E-state index contributed by atoms with van der Waals surface area (Å²) >= 11 is 0. The molecule has 16 aromatic carbocycles. The van der Waals surface area contributed by atoms with Gasteiger partial charge in [0.2, 0.25) is 0 Å². The van der Waals surface area contributed by atoms with Gasteiger partial charge in [-0.05, 0) is 384 Å². The Morgan fingerprint density at radius 2 is 0.414 bits per heavy atom. The van der Waals surface area contributed by atoms with E-state index in [1.807, 2.05) is 49.6 Å². The monoisotopic (exact) mass is 1780 g/mol. The molecule has 12 heteroatoms. The second kappa shape index (κ2) is 27.9. The third-order valence-electron chi connectivity index (χ3n) is 32.4. The summed E-state index contributed by atoms with van der Waals surface area (Å²) < 4.78 is 9.12. The quantitative estimate of drug-likeness (QED) is 0.138. The van der Waals surface area contributed by atoms with E-state index in [-0.39, 0.29) is 0 Å². The standard InChI is InChI=1S/4C32H19N3/c1-2-6-22-18(5-1)11-19-14-25-20(13-24(19)22)12-21-15-27-23-9-10-33-17-31(23)35-30-8-4-3-7-29(30)34-32(35)28(27)16-26(21)25;1-2-6-21-18(5-1)14-26-22(21)10-9-19-13-20-15-25-23-11-12-33-17-30(23)35-29-8-4-3-7-28(29)34-32(35)27(25)16-24(20)31(19)26;1-2-6-20-18(5-1)13-25-21(20)9-10-22-24-16-28-27(15-19(24)14-26(22)25)23-11-12-33-17-31(23)35-30-8-4-3-7-29(30)34-32(28)35;1-2-6-21-18(5-1)13-19-9-10-22-24-16-27-25(14-20(24)15-26(22)31(19)21)23-11-12-33-17-30(23)35-29-8-4-3-7-28(29)34-32(27)35/h1-10,13-17H,11-12H2;2*1-12,15-17H,13-14H2;1-12,14,16-17H,13,15H2. The fourth-order valence-electron chi connectivity index (χ4n) is 26.4. The molecule has 36 rings (SSSR count). The normalized spacial score (nSPS) is 13.5. The predicted molar refractivity (Wildman–Crippen MR) is 568 cm³/mol. The van der Waals surface area contributed by atoms with Crippen LogP contribution in [-0.4, -0.2) is 57.5 Å². The molecule has 0 unspecified atom stereocenters. The van der Waals surface area contributed by atoms with Gasteiger partial charge >= 0.3 is 0 Å². The van der Waals surface area contributed by atoms with E-state index in [1.165, 1.54) is 243 Å². The van der Waals surface area contributed by atoms with Gasteiger partial charge < -0.3 is 0 Å². The number of fused-ring (bicyclic) bond motifs is 59. The molecule has 0 spiro atoms. The lowest BCUT2D eigenvalue weighted by atomic mass is 9.94. The molecule has 12 heterocycles. The van der Waals surface area contributed by atoms with Gasteiger partial charge in [-0.25, -0.2) is 19.9 Å². The third kappa shape index (κ3) is 10.4. The van der Waals surface area contributed by atoms with Crippen molar-refractivity contribution in [2.45, 2.75) is 51.4 Å². The van der Waals surface area contributed by atoms with E-state index in [0.717, 1.165) is 140 Å². The highest BCUT2D eigenvalue weighted by atomic mass is 15.1. The van der Waals surface area contributed by atoms with Gasteiger partial charge in [0.05, 0.1) is 91.0 Å². The van der Waals surface area contributed by atoms with Gasteiger partial charge in [0.25, 0.3) is 0 Å². The number of hydrogen-bond donors (Lipinski definition) is 0. The van der Waals surface area contributed by atoms with Crippen molar-refractivity contribution in [2.24, 2.45) is 0 Å². The van der Waals surface area contributed by atoms with Crippen LogP contribution in [0.1, 0.15) is 89.0 Å². The maximum atomic E-state index is 5.12. The molecule has 12 nitrogen and oxygen atoms in total. The molecule has 0 amide bonds. The summed E-state index contributed by atoms with van der Waals surface area (Å²) in [6.07, 6.45) is 23.5. The van der Waals surface area contributed by atoms with Crippen molar-refractivity contribution in [2.75, 3.05) is 0 Å². The lowest BCUT2D eigenvalue weighted by molar-refractivity contribution is 1.16. The fraction of sp³-hybridized carbons (Fsp3) is 0.0625. The van der Waals surface area contributed by atoms with Gasteiger partial charge in [-0.3, -0.25) is 37.5 Å². The lowest BCUT2D eigenvalue weighted by Crippen LogP contribution is -1.94. The molecule has 8 aliphatic carbocycles. The Morgan fingerprint density at radius 3 is 0.850 bits per heavy atom. The Labute approximate surface area is 799 Å². The zero-order valence-corrected chi connectivity index (χ0v) is 75.7. The molecule has 28 aromatic rings. The van der Waals surface area contributed by atoms with Crippen LogP contribution < -0.4 is 0 Å². The number of imidazole rings is 4. The van der Waals surface area contributed by atoms with Crippen LogP contribution in [0.5, 0.6) is 0 Å². The van der Waals surface area contributed by atoms with Gasteiger partial charge in [-0.15, -0.1) is 0 Å². The number of hydrogen-bond acceptors (Lipinski definition) is 8. The average Bonchev–Trinajstić information content (AvgIpc) is 1.55. The summed E-state index contributed by atoms with van der Waals surface area (Å²) in [7, 11) is 0. The van der Waals surface area contributed by atoms with Crippen LogP contribution in [0.25, 0.3) is 242 Å². The topological polar surface area (TPSA) is 121 Å². The first-order chi connectivity index (χ1) is 69.4. The van der Waals surface area contributed by atoms with Crippen molar-refractivity contribution < 1.29 is 0 Å². The molecule has 0 fully saturated rings. The van der Waals surface area contributed by atoms with Gasteiger partial charge in [0.15, 0.2) is 0 Å². The fourth-order valence-corrected chi connectivity index (χ4v) is 26.4. The summed E-state index contributed by atoms with van der Waals surface area (Å²) in [6.45, 7) is 0. The zero-order valence-electron chi connectivity index (χ0n) is 75.7. The van der Waals surface area contributed by atoms with E-state index in [0.29, 0.717) is 0 Å². The van der Waals surface area contributed by atoms with E-state index in [9.17, 15) is 0 Å². The number of rotatable bonds is 0. The van der Waals surface area contributed by atoms with E-state index in [1.54, 1.807) is 0 Å². The summed E-state index contributed by atoms with van der Waals surface area (Å²) in [5.41, 5.74) is 62.5. The minimum Gasteiger partial charge on any atom is -0.290 e. The first-order valence-electron chi connectivity index (χ1n) is 48.7. The number of para-hydroxylation sites is 8. The highest BCUT2D eigenvalue weighted by molar-refractivity contribution is 6.21. The Hall–Kier alpha value is -18.0. The van der Waals surface area contributed by atoms with Gasteiger partial charge in [0, 0.05) is 67.9 Å². The number of aromatic nitrogens is 12. The lowest BCUT2D eigenvalue weighted by Gasteiger charge is -2.12. The first-order valence-corrected chi connectivity index (χ1v) is 48.7. The van der Waals surface area contributed by atoms with Crippen molar-refractivity contribution in [3.05, 3.63) is 454 Å². The van der Waals surface area contributed by atoms with Crippen LogP contribution in [-0.2, 0) is 51.4 Å². The number of benzene rings is 16. The second-order valence-electron chi connectivity index (χ2n) is 39.4. The minimum atomic E-state index is 0.976. The van der Waals surface area contributed by atoms with E-state index >= 15 is 0 Å². The van der Waals surface area contributed by atoms with Crippen LogP contribution in [0.3, 0.4) is 0 Å². The molecule has 0 bridgehead atoms. The first kappa shape index (κ1) is 75.3. The summed E-state index contributed by atoms with van der Waals surface area (Å²) in [4.78, 5) is 38.3. The maximum absolute atomic E-state index is 5.12. The molecule has 0 radical (unpaired) electrons. The third-order valence-corrected chi connectivity index (χ3v) is 32.4. The smallest absolute Gasteiger partial charge is 0.146 e. The molecule has 0 atom stereocenters. The molecule has 0 saturated heterocycles. The molecule has 8 aliphatic rings. The SMILES string of the molecule is c1ccc2c(c1)Cc1c-2ccc2c1-c1cc3c(cc1C2)c1ccncc1n1c2ccccc2nc31.c1ccc2c(c1)Cc1c-2ccc2c1Cc1cc3c4ccncc4n4c5ccccc5nc4c3cc1-2.c1ccc2c(c1)Cc1cc3c(cc1-2)Cc1cc2c4ccncc4n4c5ccccc5nc4c2cc1-3.c1ccc2c(c1)Cc1ccc3c(c1-2)Cc1cc2c4ccncc4n4c5ccccc5nc4c2cc1-3. The van der Waals surface area contributed by atoms with E-state index in [4.69, 9.17) is 19.9 Å². The Morgan fingerprint density at radius 1 is 0.157 bits per heavy atom. The Balaban J connectivity index is 0.0000000829. The van der Waals surface area contributed by atoms with Gasteiger partial charge in [-0.2, -0.15) is 0 Å². The van der Waals surface area contributed by atoms with Crippen LogP contribution in [0.15, 0.2) is 365 Å². The van der Waals surface area contributed by atoms with Crippen molar-refractivity contribution in [3.8, 4) is 89.0 Å². The minimum absolute atomic E-state index is 0.976. The second-order valence-corrected chi connectivity index (χ2v) is 39.4. The molecular formula is C128H76N12. The van der Waals surface area contributed by atoms with Crippen molar-refractivity contribution in [1.82, 2.24) is 57.5 Å².